The Morgan fingerprint density at radius 2 is 1.94 bits per heavy atom. The number of rotatable bonds is 7. The zero-order chi connectivity index (χ0) is 24.3. The zero-order valence-electron chi connectivity index (χ0n) is 21.5. The Labute approximate surface area is 204 Å². The van der Waals surface area contributed by atoms with Crippen LogP contribution in [0.1, 0.15) is 79.2 Å². The molecule has 34 heavy (non-hydrogen) atoms. The normalized spacial score (nSPS) is 36.4. The van der Waals surface area contributed by atoms with Crippen LogP contribution in [0.5, 0.6) is 0 Å². The molecule has 0 aromatic heterocycles. The van der Waals surface area contributed by atoms with E-state index in [-0.39, 0.29) is 29.0 Å². The van der Waals surface area contributed by atoms with E-state index in [2.05, 4.69) is 45.1 Å². The third kappa shape index (κ3) is 3.70. The van der Waals surface area contributed by atoms with Crippen molar-refractivity contribution in [1.29, 1.82) is 0 Å². The second-order valence-electron chi connectivity index (χ2n) is 12.1. The maximum atomic E-state index is 13.7. The second-order valence-corrected chi connectivity index (χ2v) is 12.1. The summed E-state index contributed by atoms with van der Waals surface area (Å²) >= 11 is 0. The molecule has 7 heteroatoms. The molecule has 184 valence electrons. The molecule has 1 amide bonds. The van der Waals surface area contributed by atoms with E-state index in [1.807, 2.05) is 37.3 Å². The highest BCUT2D eigenvalue weighted by molar-refractivity contribution is 6.48. The van der Waals surface area contributed by atoms with Crippen LogP contribution in [0.2, 0.25) is 0 Å². The average molecular weight is 466 g/mol. The number of carbonyl (C=O) groups is 1. The van der Waals surface area contributed by atoms with E-state index >= 15 is 0 Å². The lowest BCUT2D eigenvalue weighted by Crippen LogP contribution is -2.65. The van der Waals surface area contributed by atoms with Gasteiger partial charge < -0.3 is 19.5 Å². The molecule has 3 aliphatic carbocycles. The number of nitrogens with one attached hydrogen (secondary N) is 1. The van der Waals surface area contributed by atoms with E-state index in [1.54, 1.807) is 0 Å². The van der Waals surface area contributed by atoms with E-state index < -0.39 is 12.7 Å². The summed E-state index contributed by atoms with van der Waals surface area (Å²) in [5, 5.41) is 7.60. The minimum Gasteiger partial charge on any atom is -0.404 e. The molecule has 0 radical (unpaired) electrons. The van der Waals surface area contributed by atoms with Gasteiger partial charge in [-0.1, -0.05) is 70.1 Å². The van der Waals surface area contributed by atoms with Crippen LogP contribution in [0.15, 0.2) is 35.5 Å². The molecular weight excluding hydrogens is 427 g/mol. The Hall–Kier alpha value is -1.86. The third-order valence-corrected chi connectivity index (χ3v) is 9.21. The van der Waals surface area contributed by atoms with Gasteiger partial charge in [0.2, 0.25) is 5.60 Å². The van der Waals surface area contributed by atoms with Crippen molar-refractivity contribution in [3.05, 3.63) is 35.9 Å². The summed E-state index contributed by atoms with van der Waals surface area (Å²) in [6.07, 6.45) is 4.12. The highest BCUT2D eigenvalue weighted by Crippen LogP contribution is 2.65. The van der Waals surface area contributed by atoms with Gasteiger partial charge in [0.1, 0.15) is 0 Å². The molecule has 1 aromatic carbocycles. The number of hydrogen-bond donors (Lipinski definition) is 1. The highest BCUT2D eigenvalue weighted by Gasteiger charge is 2.68. The van der Waals surface area contributed by atoms with Gasteiger partial charge in [0.05, 0.1) is 23.4 Å². The first kappa shape index (κ1) is 23.9. The molecule has 2 aliphatic heterocycles. The lowest BCUT2D eigenvalue weighted by Gasteiger charge is -2.64. The fourth-order valence-corrected chi connectivity index (χ4v) is 6.85. The minimum absolute atomic E-state index is 0.0942. The van der Waals surface area contributed by atoms with Crippen LogP contribution < -0.4 is 5.32 Å². The van der Waals surface area contributed by atoms with Crippen LogP contribution >= 0.6 is 0 Å². The molecule has 6 rings (SSSR count). The molecular formula is C27H39BN2O4. The predicted octanol–water partition coefficient (Wildman–Crippen LogP) is 4.76. The summed E-state index contributed by atoms with van der Waals surface area (Å²) in [6, 6.07) is 9.93. The van der Waals surface area contributed by atoms with E-state index in [9.17, 15) is 4.79 Å². The molecule has 6 nitrogen and oxygen atoms in total. The summed E-state index contributed by atoms with van der Waals surface area (Å²) in [4.78, 5) is 19.5. The van der Waals surface area contributed by atoms with E-state index in [0.29, 0.717) is 30.6 Å². The Bertz CT molecular complexity index is 967. The maximum Gasteiger partial charge on any atom is 0.481 e. The van der Waals surface area contributed by atoms with E-state index in [4.69, 9.17) is 14.1 Å². The molecule has 1 N–H and O–H groups in total. The zero-order valence-corrected chi connectivity index (χ0v) is 21.5. The number of oxime groups is 1. The van der Waals surface area contributed by atoms with Gasteiger partial charge in [0.25, 0.3) is 5.91 Å². The van der Waals surface area contributed by atoms with Crippen LogP contribution in [-0.4, -0.2) is 42.0 Å². The number of benzene rings is 1. The summed E-state index contributed by atoms with van der Waals surface area (Å²) < 4.78 is 13.3. The summed E-state index contributed by atoms with van der Waals surface area (Å²) in [5.74, 6) is 1.21. The largest absolute Gasteiger partial charge is 0.481 e. The molecule has 2 heterocycles. The number of nitrogens with zero attached hydrogens (tertiary/aromatic N) is 1. The molecule has 2 bridgehead atoms. The number of carbonyl (C=O) groups excluding carboxylic acids is 1. The van der Waals surface area contributed by atoms with Crippen molar-refractivity contribution < 1.29 is 18.9 Å². The molecule has 5 aliphatic rings. The van der Waals surface area contributed by atoms with Crippen LogP contribution in [0, 0.1) is 23.2 Å². The van der Waals surface area contributed by atoms with Crippen molar-refractivity contribution >= 4 is 18.7 Å². The quantitative estimate of drug-likeness (QED) is 0.589. The Balaban J connectivity index is 1.31. The first-order valence-corrected chi connectivity index (χ1v) is 13.0. The standard InChI is InChI=1S/C27H39BN2O4/c1-7-27(16-20(30-34-27)18-11-9-8-10-12-18)24(31)29-23(13-17(2)3)28-32-22-15-19-14-21(25(19,4)5)26(22,6)33-28/h8-12,17,19,21-23H,7,13-16H2,1-6H3,(H,29,31)/t19-,21-,22+,23-,26-,27?/m0/s1. The van der Waals surface area contributed by atoms with Crippen molar-refractivity contribution in [2.75, 3.05) is 0 Å². The second kappa shape index (κ2) is 8.37. The lowest BCUT2D eigenvalue weighted by atomic mass is 9.43. The van der Waals surface area contributed by atoms with Crippen molar-refractivity contribution in [2.45, 2.75) is 96.9 Å². The number of hydrogen-bond acceptors (Lipinski definition) is 5. The Morgan fingerprint density at radius 3 is 2.59 bits per heavy atom. The summed E-state index contributed by atoms with van der Waals surface area (Å²) in [6.45, 7) is 13.3. The minimum atomic E-state index is -1.00. The van der Waals surface area contributed by atoms with Gasteiger partial charge in [-0.05, 0) is 61.3 Å². The monoisotopic (exact) mass is 466 g/mol. The van der Waals surface area contributed by atoms with Gasteiger partial charge in [0.15, 0.2) is 0 Å². The molecule has 3 saturated carbocycles. The van der Waals surface area contributed by atoms with Gasteiger partial charge in [-0.2, -0.15) is 0 Å². The van der Waals surface area contributed by atoms with Crippen molar-refractivity contribution in [1.82, 2.24) is 5.32 Å². The van der Waals surface area contributed by atoms with Gasteiger partial charge >= 0.3 is 7.12 Å². The molecule has 1 aromatic rings. The summed E-state index contributed by atoms with van der Waals surface area (Å²) in [7, 11) is -0.443. The van der Waals surface area contributed by atoms with E-state index in [1.165, 1.54) is 6.42 Å². The third-order valence-electron chi connectivity index (χ3n) is 9.21. The van der Waals surface area contributed by atoms with Crippen molar-refractivity contribution in [3.8, 4) is 0 Å². The van der Waals surface area contributed by atoms with E-state index in [0.717, 1.165) is 24.1 Å². The van der Waals surface area contributed by atoms with Gasteiger partial charge in [-0.25, -0.2) is 0 Å². The predicted molar refractivity (Wildman–Crippen MR) is 133 cm³/mol. The van der Waals surface area contributed by atoms with Crippen molar-refractivity contribution in [3.63, 3.8) is 0 Å². The molecule has 1 unspecified atom stereocenters. The maximum absolute atomic E-state index is 13.7. The first-order valence-electron chi connectivity index (χ1n) is 13.0. The topological polar surface area (TPSA) is 69.2 Å². The van der Waals surface area contributed by atoms with Gasteiger partial charge in [-0.3, -0.25) is 4.79 Å². The van der Waals surface area contributed by atoms with Crippen LogP contribution in [0.4, 0.5) is 0 Å². The van der Waals surface area contributed by atoms with Crippen LogP contribution in [0.3, 0.4) is 0 Å². The molecule has 1 saturated heterocycles. The van der Waals surface area contributed by atoms with Crippen molar-refractivity contribution in [2.24, 2.45) is 28.3 Å². The average Bonchev–Trinajstić information content (AvgIpc) is 3.40. The van der Waals surface area contributed by atoms with Gasteiger partial charge in [-0.15, -0.1) is 0 Å². The van der Waals surface area contributed by atoms with Crippen LogP contribution in [0.25, 0.3) is 0 Å². The smallest absolute Gasteiger partial charge is 0.404 e. The summed E-state index contributed by atoms with van der Waals surface area (Å²) in [5.41, 5.74) is 0.797. The Kier molecular flexibility index (Phi) is 5.88. The molecule has 0 spiro atoms. The Morgan fingerprint density at radius 1 is 1.21 bits per heavy atom. The highest BCUT2D eigenvalue weighted by atomic mass is 16.7. The molecule has 4 fully saturated rings. The first-order chi connectivity index (χ1) is 16.1. The fourth-order valence-electron chi connectivity index (χ4n) is 6.85. The lowest BCUT2D eigenvalue weighted by molar-refractivity contribution is -0.199. The van der Waals surface area contributed by atoms with Gasteiger partial charge in [0, 0.05) is 6.42 Å². The SMILES string of the molecule is CCC1(C(=O)N[C@@H](CC(C)C)B2O[C@@H]3C[C@@H]4C[C@@H](C4(C)C)[C@]3(C)O2)CC(c2ccccc2)=NO1. The number of amides is 1. The fraction of sp³-hybridized carbons (Fsp3) is 0.704. The van der Waals surface area contributed by atoms with Crippen LogP contribution in [-0.2, 0) is 18.9 Å². The molecule has 6 atom stereocenters.